The van der Waals surface area contributed by atoms with Gasteiger partial charge in [-0.2, -0.15) is 0 Å². The third-order valence-corrected chi connectivity index (χ3v) is 7.01. The zero-order valence-corrected chi connectivity index (χ0v) is 20.7. The van der Waals surface area contributed by atoms with Gasteiger partial charge in [0.25, 0.3) is 5.91 Å². The van der Waals surface area contributed by atoms with Crippen LogP contribution in [0.3, 0.4) is 0 Å². The highest BCUT2D eigenvalue weighted by molar-refractivity contribution is 6.33. The van der Waals surface area contributed by atoms with E-state index in [1.807, 2.05) is 22.9 Å². The van der Waals surface area contributed by atoms with E-state index in [2.05, 4.69) is 10.3 Å². The van der Waals surface area contributed by atoms with E-state index in [-0.39, 0.29) is 31.1 Å². The number of aliphatic hydroxyl groups is 1. The largest absolute Gasteiger partial charge is 0.392 e. The molecule has 8 nitrogen and oxygen atoms in total. The molecule has 4 heterocycles. The molecule has 2 aliphatic heterocycles. The maximum absolute atomic E-state index is 14.0. The molecule has 0 bridgehead atoms. The molecular formula is C26H28ClFN4O4. The predicted octanol–water partition coefficient (Wildman–Crippen LogP) is 3.71. The van der Waals surface area contributed by atoms with E-state index in [0.29, 0.717) is 47.4 Å². The molecular weight excluding hydrogens is 487 g/mol. The van der Waals surface area contributed by atoms with Crippen LogP contribution in [0.2, 0.25) is 5.02 Å². The molecule has 0 spiro atoms. The number of nitrogens with zero attached hydrogens (tertiary/aromatic N) is 3. The number of amides is 1. The molecule has 2 atom stereocenters. The molecule has 10 heteroatoms. The maximum Gasteiger partial charge on any atom is 0.271 e. The lowest BCUT2D eigenvalue weighted by Gasteiger charge is -2.36. The topological polar surface area (TPSA) is 88.8 Å². The quantitative estimate of drug-likeness (QED) is 0.476. The van der Waals surface area contributed by atoms with Crippen molar-refractivity contribution in [3.63, 3.8) is 0 Å². The van der Waals surface area contributed by atoms with Crippen LogP contribution in [0.5, 0.6) is 0 Å². The zero-order chi connectivity index (χ0) is 25.2. The summed E-state index contributed by atoms with van der Waals surface area (Å²) in [5.74, 6) is 0.0813. The first-order chi connectivity index (χ1) is 17.5. The van der Waals surface area contributed by atoms with E-state index in [1.54, 1.807) is 24.3 Å². The standard InChI is InChI=1S/C26H28ClFN4O4/c1-35-15-21-12-31-10-18(22-8-25(29-9-23(22)27)30-20-4-5-36-14-20)7-24(31)26(34)32(21)11-17-6-19(28)3-2-16(17)13-33/h2-3,6-10,20-21,33H,4-5,11-15H2,1H3,(H,29,30)/t20?,21-/m1/s1. The highest BCUT2D eigenvalue weighted by Gasteiger charge is 2.34. The molecule has 1 amide bonds. The number of anilines is 1. The van der Waals surface area contributed by atoms with Crippen molar-refractivity contribution in [2.24, 2.45) is 0 Å². The molecule has 0 radical (unpaired) electrons. The molecule has 0 saturated carbocycles. The number of carbonyl (C=O) groups is 1. The van der Waals surface area contributed by atoms with Crippen LogP contribution >= 0.6 is 11.6 Å². The molecule has 2 aromatic heterocycles. The number of nitrogens with one attached hydrogen (secondary N) is 1. The third-order valence-electron chi connectivity index (χ3n) is 6.71. The molecule has 2 N–H and O–H groups in total. The van der Waals surface area contributed by atoms with Gasteiger partial charge in [0, 0.05) is 50.3 Å². The van der Waals surface area contributed by atoms with Gasteiger partial charge < -0.3 is 29.4 Å². The summed E-state index contributed by atoms with van der Waals surface area (Å²) in [6.45, 7) is 2.10. The second kappa shape index (κ2) is 10.6. The smallest absolute Gasteiger partial charge is 0.271 e. The average molecular weight is 515 g/mol. The Labute approximate surface area is 213 Å². The Morgan fingerprint density at radius 1 is 1.31 bits per heavy atom. The van der Waals surface area contributed by atoms with E-state index < -0.39 is 5.82 Å². The second-order valence-electron chi connectivity index (χ2n) is 9.13. The Hall–Kier alpha value is -2.98. The van der Waals surface area contributed by atoms with Crippen LogP contribution < -0.4 is 5.32 Å². The Bertz CT molecular complexity index is 1260. The molecule has 36 heavy (non-hydrogen) atoms. The number of pyridine rings is 1. The fraction of sp³-hybridized carbons (Fsp3) is 0.385. The van der Waals surface area contributed by atoms with Crippen LogP contribution in [-0.2, 0) is 29.2 Å². The Balaban J connectivity index is 1.45. The summed E-state index contributed by atoms with van der Waals surface area (Å²) in [4.78, 5) is 19.7. The molecule has 1 aromatic carbocycles. The molecule has 1 unspecified atom stereocenters. The first-order valence-corrected chi connectivity index (χ1v) is 12.2. The van der Waals surface area contributed by atoms with Crippen molar-refractivity contribution in [3.8, 4) is 11.1 Å². The van der Waals surface area contributed by atoms with Crippen molar-refractivity contribution in [3.05, 3.63) is 70.4 Å². The molecule has 1 saturated heterocycles. The number of ether oxygens (including phenoxy) is 2. The zero-order valence-electron chi connectivity index (χ0n) is 19.9. The van der Waals surface area contributed by atoms with E-state index >= 15 is 0 Å². The summed E-state index contributed by atoms with van der Waals surface area (Å²) < 4.78 is 26.7. The lowest BCUT2D eigenvalue weighted by Crippen LogP contribution is -2.49. The minimum Gasteiger partial charge on any atom is -0.392 e. The van der Waals surface area contributed by atoms with Gasteiger partial charge in [-0.05, 0) is 41.8 Å². The summed E-state index contributed by atoms with van der Waals surface area (Å²) in [5, 5.41) is 13.6. The summed E-state index contributed by atoms with van der Waals surface area (Å²) in [7, 11) is 1.58. The van der Waals surface area contributed by atoms with Crippen molar-refractivity contribution in [2.45, 2.75) is 38.2 Å². The van der Waals surface area contributed by atoms with E-state index in [0.717, 1.165) is 24.2 Å². The van der Waals surface area contributed by atoms with Crippen LogP contribution in [0, 0.1) is 5.82 Å². The predicted molar refractivity (Wildman–Crippen MR) is 133 cm³/mol. The van der Waals surface area contributed by atoms with E-state index in [1.165, 1.54) is 12.1 Å². The number of halogens is 2. The number of hydrogen-bond acceptors (Lipinski definition) is 6. The van der Waals surface area contributed by atoms with Crippen molar-refractivity contribution >= 4 is 23.3 Å². The number of hydrogen-bond donors (Lipinski definition) is 2. The normalized spacial score (nSPS) is 19.6. The van der Waals surface area contributed by atoms with Gasteiger partial charge in [0.2, 0.25) is 0 Å². The van der Waals surface area contributed by atoms with Gasteiger partial charge in [0.15, 0.2) is 0 Å². The molecule has 1 fully saturated rings. The van der Waals surface area contributed by atoms with Gasteiger partial charge in [-0.1, -0.05) is 17.7 Å². The first kappa shape index (κ1) is 24.7. The molecule has 5 rings (SSSR count). The number of benzene rings is 1. The minimum atomic E-state index is -0.415. The highest BCUT2D eigenvalue weighted by Crippen LogP contribution is 2.33. The first-order valence-electron chi connectivity index (χ1n) is 11.8. The Morgan fingerprint density at radius 3 is 2.92 bits per heavy atom. The monoisotopic (exact) mass is 514 g/mol. The van der Waals surface area contributed by atoms with Crippen molar-refractivity contribution in [1.82, 2.24) is 14.5 Å². The molecule has 3 aromatic rings. The fourth-order valence-corrected chi connectivity index (χ4v) is 5.05. The van der Waals surface area contributed by atoms with Gasteiger partial charge in [-0.15, -0.1) is 0 Å². The van der Waals surface area contributed by atoms with Gasteiger partial charge in [-0.25, -0.2) is 9.37 Å². The summed E-state index contributed by atoms with van der Waals surface area (Å²) in [5.41, 5.74) is 3.22. The Kier molecular flexibility index (Phi) is 7.25. The molecule has 2 aliphatic rings. The van der Waals surface area contributed by atoms with Crippen LogP contribution in [-0.4, -0.2) is 64.5 Å². The average Bonchev–Trinajstić information content (AvgIpc) is 3.53. The Morgan fingerprint density at radius 2 is 2.17 bits per heavy atom. The second-order valence-corrected chi connectivity index (χ2v) is 9.54. The van der Waals surface area contributed by atoms with Gasteiger partial charge in [0.05, 0.1) is 36.9 Å². The highest BCUT2D eigenvalue weighted by atomic mass is 35.5. The summed E-state index contributed by atoms with van der Waals surface area (Å²) in [6, 6.07) is 7.85. The number of methoxy groups -OCH3 is 1. The summed E-state index contributed by atoms with van der Waals surface area (Å²) in [6.07, 6.45) is 4.43. The number of aliphatic hydroxyl groups excluding tert-OH is 1. The molecule has 0 aliphatic carbocycles. The van der Waals surface area contributed by atoms with Crippen LogP contribution in [0.1, 0.15) is 28.0 Å². The number of fused-ring (bicyclic) bond motifs is 1. The number of rotatable bonds is 8. The third kappa shape index (κ3) is 4.97. The number of carbonyl (C=O) groups excluding carboxylic acids is 1. The molecule has 190 valence electrons. The summed E-state index contributed by atoms with van der Waals surface area (Å²) >= 11 is 6.51. The SMILES string of the molecule is COC[C@H]1Cn2cc(-c3cc(NC4CCOC4)ncc3Cl)cc2C(=O)N1Cc1cc(F)ccc1CO. The van der Waals surface area contributed by atoms with E-state index in [4.69, 9.17) is 21.1 Å². The van der Waals surface area contributed by atoms with E-state index in [9.17, 15) is 14.3 Å². The lowest BCUT2D eigenvalue weighted by molar-refractivity contribution is 0.0386. The van der Waals surface area contributed by atoms with Crippen LogP contribution in [0.15, 0.2) is 42.7 Å². The van der Waals surface area contributed by atoms with Gasteiger partial charge in [-0.3, -0.25) is 4.79 Å². The van der Waals surface area contributed by atoms with Crippen molar-refractivity contribution < 1.29 is 23.8 Å². The maximum atomic E-state index is 14.0. The lowest BCUT2D eigenvalue weighted by atomic mass is 10.0. The van der Waals surface area contributed by atoms with Gasteiger partial charge >= 0.3 is 0 Å². The van der Waals surface area contributed by atoms with Crippen LogP contribution in [0.4, 0.5) is 10.2 Å². The minimum absolute atomic E-state index is 0.161. The number of aromatic nitrogens is 2. The van der Waals surface area contributed by atoms with Crippen LogP contribution in [0.25, 0.3) is 11.1 Å². The van der Waals surface area contributed by atoms with Crippen molar-refractivity contribution in [2.75, 3.05) is 32.2 Å². The van der Waals surface area contributed by atoms with Crippen molar-refractivity contribution in [1.29, 1.82) is 0 Å². The fourth-order valence-electron chi connectivity index (χ4n) is 4.84. The van der Waals surface area contributed by atoms with Gasteiger partial charge in [0.1, 0.15) is 17.3 Å².